The summed E-state index contributed by atoms with van der Waals surface area (Å²) in [6.45, 7) is 12.8. The first-order valence-corrected chi connectivity index (χ1v) is 10.6. The van der Waals surface area contributed by atoms with E-state index in [2.05, 4.69) is 62.5 Å². The molecule has 0 radical (unpaired) electrons. The van der Waals surface area contributed by atoms with Crippen LogP contribution in [0.2, 0.25) is 0 Å². The predicted octanol–water partition coefficient (Wildman–Crippen LogP) is 3.69. The molecule has 160 valence electrons. The van der Waals surface area contributed by atoms with Crippen LogP contribution >= 0.6 is 0 Å². The SMILES string of the molecule is CCNC(=NCCCOC(C)c1ccccc1)NC(C)Cc1c(C)nn(C)c1C. The second kappa shape index (κ2) is 11.6. The summed E-state index contributed by atoms with van der Waals surface area (Å²) in [5, 5.41) is 11.4. The van der Waals surface area contributed by atoms with Gasteiger partial charge in [-0.25, -0.2) is 0 Å². The van der Waals surface area contributed by atoms with E-state index in [1.165, 1.54) is 16.8 Å². The van der Waals surface area contributed by atoms with E-state index >= 15 is 0 Å². The molecule has 0 bridgehead atoms. The lowest BCUT2D eigenvalue weighted by molar-refractivity contribution is 0.0652. The highest BCUT2D eigenvalue weighted by molar-refractivity contribution is 5.80. The van der Waals surface area contributed by atoms with Crippen LogP contribution in [-0.2, 0) is 18.2 Å². The van der Waals surface area contributed by atoms with Crippen molar-refractivity contribution in [3.63, 3.8) is 0 Å². The lowest BCUT2D eigenvalue weighted by atomic mass is 10.1. The van der Waals surface area contributed by atoms with Gasteiger partial charge < -0.3 is 15.4 Å². The van der Waals surface area contributed by atoms with Gasteiger partial charge in [-0.3, -0.25) is 9.67 Å². The van der Waals surface area contributed by atoms with Crippen LogP contribution in [0.1, 0.15) is 55.8 Å². The number of benzene rings is 1. The Kier molecular flexibility index (Phi) is 9.19. The summed E-state index contributed by atoms with van der Waals surface area (Å²) in [6.07, 6.45) is 1.92. The molecule has 1 heterocycles. The molecule has 0 amide bonds. The number of rotatable bonds is 10. The fourth-order valence-corrected chi connectivity index (χ4v) is 3.36. The second-order valence-corrected chi connectivity index (χ2v) is 7.56. The van der Waals surface area contributed by atoms with E-state index in [0.717, 1.165) is 37.6 Å². The van der Waals surface area contributed by atoms with Crippen molar-refractivity contribution < 1.29 is 4.74 Å². The molecule has 0 spiro atoms. The number of aliphatic imine (C=N–C) groups is 1. The fourth-order valence-electron chi connectivity index (χ4n) is 3.36. The van der Waals surface area contributed by atoms with Crippen LogP contribution in [0.4, 0.5) is 0 Å². The molecule has 2 aromatic rings. The van der Waals surface area contributed by atoms with E-state index < -0.39 is 0 Å². The summed E-state index contributed by atoms with van der Waals surface area (Å²) in [5.41, 5.74) is 4.85. The minimum absolute atomic E-state index is 0.109. The van der Waals surface area contributed by atoms with Crippen LogP contribution < -0.4 is 10.6 Å². The molecule has 0 saturated carbocycles. The molecule has 0 aliphatic rings. The largest absolute Gasteiger partial charge is 0.374 e. The minimum Gasteiger partial charge on any atom is -0.374 e. The van der Waals surface area contributed by atoms with Crippen LogP contribution in [0, 0.1) is 13.8 Å². The molecule has 2 N–H and O–H groups in total. The van der Waals surface area contributed by atoms with Gasteiger partial charge in [-0.05, 0) is 58.6 Å². The number of hydrogen-bond acceptors (Lipinski definition) is 3. The minimum atomic E-state index is 0.109. The quantitative estimate of drug-likeness (QED) is 0.363. The molecule has 2 rings (SSSR count). The first-order valence-electron chi connectivity index (χ1n) is 10.6. The third kappa shape index (κ3) is 7.20. The molecule has 2 atom stereocenters. The van der Waals surface area contributed by atoms with E-state index in [0.29, 0.717) is 6.61 Å². The highest BCUT2D eigenvalue weighted by Crippen LogP contribution is 2.16. The lowest BCUT2D eigenvalue weighted by Gasteiger charge is -2.18. The van der Waals surface area contributed by atoms with Gasteiger partial charge in [0.1, 0.15) is 0 Å². The maximum Gasteiger partial charge on any atom is 0.191 e. The van der Waals surface area contributed by atoms with Crippen LogP contribution in [0.25, 0.3) is 0 Å². The number of guanidine groups is 1. The summed E-state index contributed by atoms with van der Waals surface area (Å²) in [7, 11) is 2.00. The van der Waals surface area contributed by atoms with Gasteiger partial charge in [0.05, 0.1) is 11.8 Å². The molecule has 6 nitrogen and oxygen atoms in total. The van der Waals surface area contributed by atoms with E-state index in [9.17, 15) is 0 Å². The molecule has 1 aromatic carbocycles. The van der Waals surface area contributed by atoms with E-state index in [-0.39, 0.29) is 12.1 Å². The van der Waals surface area contributed by atoms with Crippen molar-refractivity contribution in [1.82, 2.24) is 20.4 Å². The number of hydrogen-bond donors (Lipinski definition) is 2. The molecule has 2 unspecified atom stereocenters. The van der Waals surface area contributed by atoms with Gasteiger partial charge in [0.2, 0.25) is 0 Å². The van der Waals surface area contributed by atoms with Gasteiger partial charge in [-0.15, -0.1) is 0 Å². The first-order chi connectivity index (χ1) is 13.9. The summed E-state index contributed by atoms with van der Waals surface area (Å²) in [6, 6.07) is 10.6. The van der Waals surface area contributed by atoms with E-state index in [4.69, 9.17) is 9.73 Å². The van der Waals surface area contributed by atoms with Crippen molar-refractivity contribution in [2.45, 2.75) is 59.6 Å². The maximum absolute atomic E-state index is 5.94. The molecular weight excluding hydrogens is 362 g/mol. The highest BCUT2D eigenvalue weighted by Gasteiger charge is 2.14. The Balaban J connectivity index is 1.79. The topological polar surface area (TPSA) is 63.5 Å². The third-order valence-electron chi connectivity index (χ3n) is 5.11. The smallest absolute Gasteiger partial charge is 0.191 e. The number of nitrogens with zero attached hydrogens (tertiary/aromatic N) is 3. The van der Waals surface area contributed by atoms with E-state index in [1.54, 1.807) is 0 Å². The summed E-state index contributed by atoms with van der Waals surface area (Å²) in [5.74, 6) is 0.857. The molecule has 0 aliphatic heterocycles. The molecule has 0 fully saturated rings. The molecule has 0 aliphatic carbocycles. The summed E-state index contributed by atoms with van der Waals surface area (Å²) >= 11 is 0. The Morgan fingerprint density at radius 3 is 2.55 bits per heavy atom. The number of nitrogens with one attached hydrogen (secondary N) is 2. The predicted molar refractivity (Wildman–Crippen MR) is 120 cm³/mol. The average molecular weight is 400 g/mol. The third-order valence-corrected chi connectivity index (χ3v) is 5.11. The zero-order chi connectivity index (χ0) is 21.2. The highest BCUT2D eigenvalue weighted by atomic mass is 16.5. The zero-order valence-electron chi connectivity index (χ0n) is 18.8. The Bertz CT molecular complexity index is 769. The van der Waals surface area contributed by atoms with Crippen molar-refractivity contribution in [2.24, 2.45) is 12.0 Å². The molecule has 29 heavy (non-hydrogen) atoms. The van der Waals surface area contributed by atoms with Gasteiger partial charge >= 0.3 is 0 Å². The fraction of sp³-hybridized carbons (Fsp3) is 0.565. The number of aromatic nitrogens is 2. The molecule has 1 aromatic heterocycles. The molecular formula is C23H37N5O. The Morgan fingerprint density at radius 2 is 1.93 bits per heavy atom. The van der Waals surface area contributed by atoms with E-state index in [1.807, 2.05) is 29.9 Å². The molecule has 6 heteroatoms. The van der Waals surface area contributed by atoms with Crippen molar-refractivity contribution in [3.05, 3.63) is 52.8 Å². The first kappa shape index (κ1) is 22.9. The van der Waals surface area contributed by atoms with Gasteiger partial charge in [-0.2, -0.15) is 5.10 Å². The van der Waals surface area contributed by atoms with Crippen molar-refractivity contribution in [2.75, 3.05) is 19.7 Å². The standard InChI is InChI=1S/C23H37N5O/c1-7-24-23(26-17(2)16-22-18(3)27-28(6)19(22)4)25-14-11-15-29-20(5)21-12-9-8-10-13-21/h8-10,12-13,17,20H,7,11,14-16H2,1-6H3,(H2,24,25,26). The van der Waals surface area contributed by atoms with Crippen LogP contribution in [-0.4, -0.2) is 41.5 Å². The van der Waals surface area contributed by atoms with Crippen molar-refractivity contribution >= 4 is 5.96 Å². The van der Waals surface area contributed by atoms with Gasteiger partial charge in [0.15, 0.2) is 5.96 Å². The van der Waals surface area contributed by atoms with Crippen LogP contribution in [0.15, 0.2) is 35.3 Å². The van der Waals surface area contributed by atoms with Gasteiger partial charge in [0.25, 0.3) is 0 Å². The van der Waals surface area contributed by atoms with Gasteiger partial charge in [-0.1, -0.05) is 30.3 Å². The molecule has 0 saturated heterocycles. The van der Waals surface area contributed by atoms with Crippen LogP contribution in [0.5, 0.6) is 0 Å². The number of aryl methyl sites for hydroxylation is 2. The Labute approximate surface area is 175 Å². The average Bonchev–Trinajstić information content (AvgIpc) is 2.94. The monoisotopic (exact) mass is 399 g/mol. The normalized spacial score (nSPS) is 13.9. The Morgan fingerprint density at radius 1 is 1.21 bits per heavy atom. The summed E-state index contributed by atoms with van der Waals surface area (Å²) in [4.78, 5) is 4.71. The van der Waals surface area contributed by atoms with Crippen molar-refractivity contribution in [1.29, 1.82) is 0 Å². The van der Waals surface area contributed by atoms with Crippen molar-refractivity contribution in [3.8, 4) is 0 Å². The van der Waals surface area contributed by atoms with Crippen LogP contribution in [0.3, 0.4) is 0 Å². The lowest BCUT2D eigenvalue weighted by Crippen LogP contribution is -2.43. The maximum atomic E-state index is 5.94. The summed E-state index contributed by atoms with van der Waals surface area (Å²) < 4.78 is 7.89. The Hall–Kier alpha value is -2.34. The second-order valence-electron chi connectivity index (χ2n) is 7.56. The zero-order valence-corrected chi connectivity index (χ0v) is 18.8. The number of ether oxygens (including phenoxy) is 1. The van der Waals surface area contributed by atoms with Gasteiger partial charge in [0, 0.05) is 38.5 Å².